The first-order chi connectivity index (χ1) is 14.5. The van der Waals surface area contributed by atoms with Gasteiger partial charge in [-0.25, -0.2) is 19.5 Å². The number of halogens is 1. The summed E-state index contributed by atoms with van der Waals surface area (Å²) in [6, 6.07) is 14.0. The summed E-state index contributed by atoms with van der Waals surface area (Å²) in [5, 5.41) is 4.05. The summed E-state index contributed by atoms with van der Waals surface area (Å²) in [5.74, 6) is 0.622. The van der Waals surface area contributed by atoms with Crippen LogP contribution in [0.1, 0.15) is 5.56 Å². The SMILES string of the molecule is Cc1ccnc(-n2c(SCC(=O)Nc3ccc(Cl)cn3)nc3ccccc3c2=O)c1. The molecule has 1 aromatic carbocycles. The predicted molar refractivity (Wildman–Crippen MR) is 118 cm³/mol. The average Bonchev–Trinajstić information content (AvgIpc) is 2.74. The largest absolute Gasteiger partial charge is 0.310 e. The van der Waals surface area contributed by atoms with Crippen LogP contribution < -0.4 is 10.9 Å². The molecule has 4 rings (SSSR count). The lowest BCUT2D eigenvalue weighted by Gasteiger charge is -2.12. The highest BCUT2D eigenvalue weighted by Crippen LogP contribution is 2.21. The first-order valence-electron chi connectivity index (χ1n) is 9.00. The van der Waals surface area contributed by atoms with Crippen LogP contribution in [0.25, 0.3) is 16.7 Å². The summed E-state index contributed by atoms with van der Waals surface area (Å²) in [5.41, 5.74) is 1.29. The Hall–Kier alpha value is -3.23. The second-order valence-electron chi connectivity index (χ2n) is 6.44. The maximum Gasteiger partial charge on any atom is 0.267 e. The number of rotatable bonds is 5. The molecular formula is C21H16ClN5O2S. The molecule has 0 saturated carbocycles. The van der Waals surface area contributed by atoms with Gasteiger partial charge in [-0.3, -0.25) is 9.59 Å². The third kappa shape index (κ3) is 4.34. The Labute approximate surface area is 181 Å². The van der Waals surface area contributed by atoms with Gasteiger partial charge in [-0.15, -0.1) is 0 Å². The van der Waals surface area contributed by atoms with Gasteiger partial charge in [-0.2, -0.15) is 0 Å². The van der Waals surface area contributed by atoms with Crippen LogP contribution in [0, 0.1) is 6.92 Å². The average molecular weight is 438 g/mol. The van der Waals surface area contributed by atoms with E-state index in [-0.39, 0.29) is 17.2 Å². The van der Waals surface area contributed by atoms with E-state index in [1.165, 1.54) is 10.8 Å². The molecular weight excluding hydrogens is 422 g/mol. The van der Waals surface area contributed by atoms with Crippen LogP contribution in [-0.4, -0.2) is 31.2 Å². The maximum atomic E-state index is 13.2. The number of thioether (sulfide) groups is 1. The third-order valence-electron chi connectivity index (χ3n) is 4.20. The number of carbonyl (C=O) groups is 1. The van der Waals surface area contributed by atoms with E-state index in [2.05, 4.69) is 20.3 Å². The Bertz CT molecular complexity index is 1290. The van der Waals surface area contributed by atoms with Crippen molar-refractivity contribution in [1.29, 1.82) is 0 Å². The van der Waals surface area contributed by atoms with Crippen molar-refractivity contribution in [1.82, 2.24) is 19.5 Å². The molecule has 4 aromatic rings. The van der Waals surface area contributed by atoms with Gasteiger partial charge >= 0.3 is 0 Å². The zero-order chi connectivity index (χ0) is 21.1. The molecule has 3 aromatic heterocycles. The monoisotopic (exact) mass is 437 g/mol. The third-order valence-corrected chi connectivity index (χ3v) is 5.36. The molecule has 3 heterocycles. The number of aromatic nitrogens is 4. The fourth-order valence-electron chi connectivity index (χ4n) is 2.81. The van der Waals surface area contributed by atoms with Crippen molar-refractivity contribution < 1.29 is 4.79 Å². The van der Waals surface area contributed by atoms with E-state index in [9.17, 15) is 9.59 Å². The molecule has 0 fully saturated rings. The van der Waals surface area contributed by atoms with Gasteiger partial charge in [0.25, 0.3) is 5.56 Å². The Morgan fingerprint density at radius 1 is 1.17 bits per heavy atom. The quantitative estimate of drug-likeness (QED) is 0.376. The van der Waals surface area contributed by atoms with Crippen LogP contribution >= 0.6 is 23.4 Å². The van der Waals surface area contributed by atoms with Gasteiger partial charge in [-0.05, 0) is 48.9 Å². The van der Waals surface area contributed by atoms with Crippen LogP contribution in [0.4, 0.5) is 5.82 Å². The molecule has 1 N–H and O–H groups in total. The lowest BCUT2D eigenvalue weighted by Crippen LogP contribution is -2.23. The van der Waals surface area contributed by atoms with Crippen molar-refractivity contribution in [2.45, 2.75) is 12.1 Å². The van der Waals surface area contributed by atoms with Crippen LogP contribution in [0.5, 0.6) is 0 Å². The van der Waals surface area contributed by atoms with Crippen LogP contribution in [0.2, 0.25) is 5.02 Å². The Balaban J connectivity index is 1.67. The summed E-state index contributed by atoms with van der Waals surface area (Å²) >= 11 is 6.97. The minimum atomic E-state index is -0.277. The number of nitrogens with zero attached hydrogens (tertiary/aromatic N) is 4. The molecule has 7 nitrogen and oxygen atoms in total. The van der Waals surface area contributed by atoms with E-state index in [0.29, 0.717) is 32.7 Å². The van der Waals surface area contributed by atoms with E-state index in [1.54, 1.807) is 42.6 Å². The highest BCUT2D eigenvalue weighted by molar-refractivity contribution is 7.99. The number of pyridine rings is 2. The molecule has 150 valence electrons. The smallest absolute Gasteiger partial charge is 0.267 e. The van der Waals surface area contributed by atoms with Gasteiger partial charge in [0.1, 0.15) is 11.6 Å². The number of nitrogens with one attached hydrogen (secondary N) is 1. The van der Waals surface area contributed by atoms with Crippen molar-refractivity contribution in [2.75, 3.05) is 11.1 Å². The maximum absolute atomic E-state index is 13.2. The molecule has 0 aliphatic carbocycles. The fraction of sp³-hybridized carbons (Fsp3) is 0.0952. The van der Waals surface area contributed by atoms with Crippen molar-refractivity contribution in [3.05, 3.63) is 81.9 Å². The lowest BCUT2D eigenvalue weighted by molar-refractivity contribution is -0.113. The minimum Gasteiger partial charge on any atom is -0.310 e. The number of amides is 1. The van der Waals surface area contributed by atoms with Gasteiger partial charge in [0.15, 0.2) is 5.16 Å². The van der Waals surface area contributed by atoms with E-state index in [1.807, 2.05) is 19.1 Å². The lowest BCUT2D eigenvalue weighted by atomic mass is 10.2. The molecule has 0 spiro atoms. The summed E-state index contributed by atoms with van der Waals surface area (Å²) in [6.45, 7) is 1.92. The molecule has 0 saturated heterocycles. The van der Waals surface area contributed by atoms with Crippen LogP contribution in [-0.2, 0) is 4.79 Å². The van der Waals surface area contributed by atoms with E-state index in [4.69, 9.17) is 11.6 Å². The standard InChI is InChI=1S/C21H16ClN5O2S/c1-13-8-9-23-18(10-13)27-20(29)15-4-2-3-5-16(15)25-21(27)30-12-19(28)26-17-7-6-14(22)11-24-17/h2-11H,12H2,1H3,(H,24,26,28). The molecule has 0 bridgehead atoms. The highest BCUT2D eigenvalue weighted by Gasteiger charge is 2.16. The summed E-state index contributed by atoms with van der Waals surface area (Å²) < 4.78 is 1.44. The number of hydrogen-bond acceptors (Lipinski definition) is 6. The molecule has 9 heteroatoms. The first-order valence-corrected chi connectivity index (χ1v) is 10.4. The molecule has 0 radical (unpaired) electrons. The molecule has 0 unspecified atom stereocenters. The number of hydrogen-bond donors (Lipinski definition) is 1. The van der Waals surface area contributed by atoms with Crippen molar-refractivity contribution in [2.24, 2.45) is 0 Å². The number of fused-ring (bicyclic) bond motifs is 1. The van der Waals surface area contributed by atoms with Crippen molar-refractivity contribution >= 4 is 46.0 Å². The number of para-hydroxylation sites is 1. The second kappa shape index (κ2) is 8.64. The topological polar surface area (TPSA) is 89.8 Å². The number of anilines is 1. The van der Waals surface area contributed by atoms with Crippen LogP contribution in [0.15, 0.2) is 70.9 Å². The zero-order valence-electron chi connectivity index (χ0n) is 15.9. The second-order valence-corrected chi connectivity index (χ2v) is 7.82. The molecule has 30 heavy (non-hydrogen) atoms. The summed E-state index contributed by atoms with van der Waals surface area (Å²) in [7, 11) is 0. The van der Waals surface area contributed by atoms with Gasteiger partial charge in [-0.1, -0.05) is 35.5 Å². The minimum absolute atomic E-state index is 0.0426. The number of carbonyl (C=O) groups excluding carboxylic acids is 1. The predicted octanol–water partition coefficient (Wildman–Crippen LogP) is 3.87. The summed E-state index contributed by atoms with van der Waals surface area (Å²) in [4.78, 5) is 38.5. The summed E-state index contributed by atoms with van der Waals surface area (Å²) in [6.07, 6.45) is 3.09. The first kappa shape index (κ1) is 20.1. The normalized spacial score (nSPS) is 10.9. The molecule has 1 amide bonds. The Kier molecular flexibility index (Phi) is 5.78. The Morgan fingerprint density at radius 3 is 2.77 bits per heavy atom. The van der Waals surface area contributed by atoms with E-state index in [0.717, 1.165) is 17.3 Å². The van der Waals surface area contributed by atoms with Gasteiger partial charge < -0.3 is 5.32 Å². The van der Waals surface area contributed by atoms with Gasteiger partial charge in [0.2, 0.25) is 5.91 Å². The van der Waals surface area contributed by atoms with E-state index >= 15 is 0 Å². The van der Waals surface area contributed by atoms with Crippen molar-refractivity contribution in [3.63, 3.8) is 0 Å². The Morgan fingerprint density at radius 2 is 2.00 bits per heavy atom. The fourth-order valence-corrected chi connectivity index (χ4v) is 3.73. The van der Waals surface area contributed by atoms with Crippen molar-refractivity contribution in [3.8, 4) is 5.82 Å². The number of benzene rings is 1. The molecule has 0 aliphatic heterocycles. The molecule has 0 atom stereocenters. The van der Waals surface area contributed by atoms with Crippen LogP contribution in [0.3, 0.4) is 0 Å². The van der Waals surface area contributed by atoms with Gasteiger partial charge in [0, 0.05) is 12.4 Å². The highest BCUT2D eigenvalue weighted by atomic mass is 35.5. The zero-order valence-corrected chi connectivity index (χ0v) is 17.4. The van der Waals surface area contributed by atoms with Gasteiger partial charge in [0.05, 0.1) is 21.7 Å². The van der Waals surface area contributed by atoms with E-state index < -0.39 is 0 Å². The number of aryl methyl sites for hydroxylation is 1. The molecule has 0 aliphatic rings.